The fourth-order valence-electron chi connectivity index (χ4n) is 2.24. The summed E-state index contributed by atoms with van der Waals surface area (Å²) in [5.41, 5.74) is 1.39. The molecule has 2 aromatic rings. The first-order valence-corrected chi connectivity index (χ1v) is 9.48. The van der Waals surface area contributed by atoms with Crippen LogP contribution in [0.25, 0.3) is 0 Å². The first-order valence-electron chi connectivity index (χ1n) is 7.44. The van der Waals surface area contributed by atoms with Gasteiger partial charge in [-0.1, -0.05) is 12.1 Å². The SMILES string of the molecule is COc1ccc(CC(CS)C(=O)Nc2ccc(S(=O)(=O)[O-])cc2)cc1.[Na+]. The van der Waals surface area contributed by atoms with E-state index in [0.29, 0.717) is 17.9 Å². The quantitative estimate of drug-likeness (QED) is 0.363. The molecule has 0 bridgehead atoms. The summed E-state index contributed by atoms with van der Waals surface area (Å²) in [6, 6.07) is 12.5. The Morgan fingerprint density at radius 3 is 2.19 bits per heavy atom. The fraction of sp³-hybridized carbons (Fsp3) is 0.235. The molecule has 134 valence electrons. The zero-order valence-corrected chi connectivity index (χ0v) is 18.2. The van der Waals surface area contributed by atoms with Crippen LogP contribution in [0.5, 0.6) is 5.75 Å². The summed E-state index contributed by atoms with van der Waals surface area (Å²) in [6.45, 7) is 0. The molecule has 26 heavy (non-hydrogen) atoms. The van der Waals surface area contributed by atoms with Crippen LogP contribution in [0.15, 0.2) is 53.4 Å². The van der Waals surface area contributed by atoms with Gasteiger partial charge in [0.2, 0.25) is 5.91 Å². The van der Waals surface area contributed by atoms with Crippen LogP contribution in [0, 0.1) is 5.92 Å². The standard InChI is InChI=1S/C17H19NO5S2.Na/c1-23-15-6-2-12(3-7-15)10-13(11-24)17(19)18-14-4-8-16(9-5-14)25(20,21)22;/h2-9,13,24H,10-11H2,1H3,(H,18,19)(H,20,21,22);/q;+1/p-1. The Hall–Kier alpha value is -1.03. The van der Waals surface area contributed by atoms with Gasteiger partial charge in [0, 0.05) is 11.4 Å². The summed E-state index contributed by atoms with van der Waals surface area (Å²) in [5, 5.41) is 2.71. The van der Waals surface area contributed by atoms with E-state index in [0.717, 1.165) is 23.4 Å². The van der Waals surface area contributed by atoms with E-state index in [-0.39, 0.29) is 46.3 Å². The van der Waals surface area contributed by atoms with Crippen LogP contribution in [0.2, 0.25) is 0 Å². The number of hydrogen-bond donors (Lipinski definition) is 2. The van der Waals surface area contributed by atoms with Gasteiger partial charge in [0.1, 0.15) is 15.9 Å². The number of carbonyl (C=O) groups is 1. The van der Waals surface area contributed by atoms with Crippen LogP contribution >= 0.6 is 12.6 Å². The van der Waals surface area contributed by atoms with Gasteiger partial charge < -0.3 is 14.6 Å². The summed E-state index contributed by atoms with van der Waals surface area (Å²) < 4.78 is 37.8. The molecule has 2 rings (SSSR count). The molecule has 1 unspecified atom stereocenters. The molecule has 0 fully saturated rings. The maximum absolute atomic E-state index is 12.4. The van der Waals surface area contributed by atoms with Crippen molar-refractivity contribution in [2.24, 2.45) is 5.92 Å². The van der Waals surface area contributed by atoms with E-state index in [1.165, 1.54) is 12.1 Å². The molecule has 0 aliphatic carbocycles. The van der Waals surface area contributed by atoms with Gasteiger partial charge in [-0.05, 0) is 48.4 Å². The Bertz CT molecular complexity index is 823. The maximum atomic E-state index is 12.4. The molecule has 0 heterocycles. The van der Waals surface area contributed by atoms with Gasteiger partial charge in [-0.2, -0.15) is 12.6 Å². The Labute approximate surface area is 180 Å². The zero-order chi connectivity index (χ0) is 18.4. The van der Waals surface area contributed by atoms with Gasteiger partial charge in [0.15, 0.2) is 0 Å². The van der Waals surface area contributed by atoms with Crippen LogP contribution in [0.4, 0.5) is 5.69 Å². The van der Waals surface area contributed by atoms with E-state index in [2.05, 4.69) is 17.9 Å². The molecule has 2 aromatic carbocycles. The molecule has 1 atom stereocenters. The Morgan fingerprint density at radius 1 is 1.15 bits per heavy atom. The van der Waals surface area contributed by atoms with Crippen molar-refractivity contribution in [2.45, 2.75) is 11.3 Å². The van der Waals surface area contributed by atoms with Gasteiger partial charge >= 0.3 is 29.6 Å². The van der Waals surface area contributed by atoms with Gasteiger partial charge in [0.05, 0.1) is 17.9 Å². The first kappa shape index (κ1) is 23.0. The van der Waals surface area contributed by atoms with E-state index >= 15 is 0 Å². The maximum Gasteiger partial charge on any atom is 1.00 e. The van der Waals surface area contributed by atoms with E-state index < -0.39 is 10.1 Å². The van der Waals surface area contributed by atoms with Crippen LogP contribution < -0.4 is 39.6 Å². The number of amides is 1. The number of methoxy groups -OCH3 is 1. The second-order valence-corrected chi connectivity index (χ2v) is 7.14. The van der Waals surface area contributed by atoms with Crippen molar-refractivity contribution in [3.05, 3.63) is 54.1 Å². The Morgan fingerprint density at radius 2 is 1.73 bits per heavy atom. The summed E-state index contributed by atoms with van der Waals surface area (Å²) >= 11 is 4.24. The minimum atomic E-state index is -4.50. The molecule has 0 radical (unpaired) electrons. The molecule has 0 aliphatic rings. The minimum Gasteiger partial charge on any atom is -0.744 e. The van der Waals surface area contributed by atoms with Crippen LogP contribution in [-0.4, -0.2) is 31.7 Å². The predicted molar refractivity (Wildman–Crippen MR) is 97.1 cm³/mol. The molecular formula is C17H18NNaO5S2. The molecule has 0 spiro atoms. The van der Waals surface area contributed by atoms with Gasteiger partial charge in [0.25, 0.3) is 0 Å². The summed E-state index contributed by atoms with van der Waals surface area (Å²) in [4.78, 5) is 12.0. The molecule has 0 aliphatic heterocycles. The van der Waals surface area contributed by atoms with E-state index in [1.807, 2.05) is 24.3 Å². The van der Waals surface area contributed by atoms with Crippen molar-refractivity contribution in [1.29, 1.82) is 0 Å². The summed E-state index contributed by atoms with van der Waals surface area (Å²) in [7, 11) is -2.92. The smallest absolute Gasteiger partial charge is 0.744 e. The van der Waals surface area contributed by atoms with Crippen molar-refractivity contribution in [3.8, 4) is 5.75 Å². The van der Waals surface area contributed by atoms with Gasteiger partial charge in [-0.3, -0.25) is 4.79 Å². The Balaban J connectivity index is 0.00000338. The average Bonchev–Trinajstić information content (AvgIpc) is 2.59. The fourth-order valence-corrected chi connectivity index (χ4v) is 3.00. The largest absolute Gasteiger partial charge is 1.00 e. The number of nitrogens with one attached hydrogen (secondary N) is 1. The van der Waals surface area contributed by atoms with E-state index in [1.54, 1.807) is 7.11 Å². The van der Waals surface area contributed by atoms with Crippen LogP contribution in [-0.2, 0) is 21.3 Å². The molecule has 9 heteroatoms. The zero-order valence-electron chi connectivity index (χ0n) is 14.5. The van der Waals surface area contributed by atoms with Crippen molar-refractivity contribution >= 4 is 34.3 Å². The molecule has 1 amide bonds. The normalized spacial score (nSPS) is 12.0. The third-order valence-corrected chi connectivity index (χ3v) is 4.93. The Kier molecular flexibility index (Phi) is 9.15. The predicted octanol–water partition coefficient (Wildman–Crippen LogP) is -0.669. The van der Waals surface area contributed by atoms with E-state index in [9.17, 15) is 17.8 Å². The molecule has 0 saturated heterocycles. The van der Waals surface area contributed by atoms with Gasteiger partial charge in [-0.15, -0.1) is 0 Å². The molecular weight excluding hydrogens is 385 g/mol. The first-order chi connectivity index (χ1) is 11.8. The molecule has 0 aromatic heterocycles. The number of ether oxygens (including phenoxy) is 1. The molecule has 6 nitrogen and oxygen atoms in total. The number of hydrogen-bond acceptors (Lipinski definition) is 6. The van der Waals surface area contributed by atoms with Gasteiger partial charge in [-0.25, -0.2) is 8.42 Å². The second kappa shape index (κ2) is 10.3. The van der Waals surface area contributed by atoms with Crippen molar-refractivity contribution in [2.75, 3.05) is 18.2 Å². The summed E-state index contributed by atoms with van der Waals surface area (Å²) in [5.74, 6) is 0.498. The number of benzene rings is 2. The monoisotopic (exact) mass is 403 g/mol. The number of carbonyl (C=O) groups excluding carboxylic acids is 1. The third-order valence-electron chi connectivity index (χ3n) is 3.64. The minimum absolute atomic E-state index is 0. The number of thiol groups is 1. The van der Waals surface area contributed by atoms with Crippen molar-refractivity contribution in [1.82, 2.24) is 0 Å². The molecule has 1 N–H and O–H groups in total. The molecule has 0 saturated carbocycles. The van der Waals surface area contributed by atoms with Crippen molar-refractivity contribution in [3.63, 3.8) is 0 Å². The van der Waals surface area contributed by atoms with Crippen LogP contribution in [0.3, 0.4) is 0 Å². The number of rotatable bonds is 7. The summed E-state index contributed by atoms with van der Waals surface area (Å²) in [6.07, 6.45) is 0.506. The second-order valence-electron chi connectivity index (χ2n) is 5.40. The third kappa shape index (κ3) is 6.61. The topological polar surface area (TPSA) is 95.5 Å². The van der Waals surface area contributed by atoms with E-state index in [4.69, 9.17) is 4.74 Å². The van der Waals surface area contributed by atoms with Crippen LogP contribution in [0.1, 0.15) is 5.56 Å². The average molecular weight is 403 g/mol. The number of anilines is 1. The van der Waals surface area contributed by atoms with Crippen molar-refractivity contribution < 1.29 is 52.1 Å².